The number of aliphatic imine (C=N–C) groups is 1. The molecule has 0 saturated heterocycles. The van der Waals surface area contributed by atoms with Crippen LogP contribution in [0.25, 0.3) is 0 Å². The number of methoxy groups -OCH3 is 3. The van der Waals surface area contributed by atoms with E-state index in [9.17, 15) is 4.39 Å². The van der Waals surface area contributed by atoms with Crippen molar-refractivity contribution in [3.05, 3.63) is 53.3 Å². The highest BCUT2D eigenvalue weighted by molar-refractivity contribution is 14.0. The highest BCUT2D eigenvalue weighted by atomic mass is 127. The molecular weight excluding hydrogens is 476 g/mol. The van der Waals surface area contributed by atoms with Crippen molar-refractivity contribution in [1.82, 2.24) is 10.6 Å². The molecule has 2 rings (SSSR count). The minimum Gasteiger partial charge on any atom is -0.493 e. The van der Waals surface area contributed by atoms with Crippen LogP contribution in [-0.2, 0) is 13.0 Å². The van der Waals surface area contributed by atoms with Gasteiger partial charge in [0, 0.05) is 20.1 Å². The van der Waals surface area contributed by atoms with E-state index >= 15 is 0 Å². The molecule has 2 aromatic carbocycles. The van der Waals surface area contributed by atoms with Crippen LogP contribution in [-0.4, -0.2) is 40.9 Å². The lowest BCUT2D eigenvalue weighted by Gasteiger charge is -2.16. The number of benzene rings is 2. The Morgan fingerprint density at radius 3 is 2.18 bits per heavy atom. The number of hydrogen-bond acceptors (Lipinski definition) is 4. The lowest BCUT2D eigenvalue weighted by atomic mass is 10.1. The van der Waals surface area contributed by atoms with E-state index in [1.807, 2.05) is 18.2 Å². The number of rotatable bonds is 8. The second kappa shape index (κ2) is 12.3. The van der Waals surface area contributed by atoms with Crippen LogP contribution in [0, 0.1) is 5.82 Å². The minimum atomic E-state index is -0.225. The monoisotopic (exact) mass is 503 g/mol. The Labute approximate surface area is 182 Å². The third-order valence-electron chi connectivity index (χ3n) is 4.00. The first-order chi connectivity index (χ1) is 13.1. The van der Waals surface area contributed by atoms with Crippen LogP contribution in [0.5, 0.6) is 17.2 Å². The van der Waals surface area contributed by atoms with Crippen molar-refractivity contribution in [1.29, 1.82) is 0 Å². The van der Waals surface area contributed by atoms with E-state index in [1.165, 1.54) is 12.1 Å². The zero-order valence-corrected chi connectivity index (χ0v) is 18.9. The van der Waals surface area contributed by atoms with Crippen LogP contribution in [0.1, 0.15) is 11.1 Å². The van der Waals surface area contributed by atoms with Gasteiger partial charge in [-0.25, -0.2) is 4.39 Å². The summed E-state index contributed by atoms with van der Waals surface area (Å²) < 4.78 is 29.3. The molecule has 0 aliphatic carbocycles. The molecule has 0 saturated carbocycles. The maximum atomic E-state index is 13.2. The van der Waals surface area contributed by atoms with Gasteiger partial charge in [-0.3, -0.25) is 4.99 Å². The molecule has 0 amide bonds. The smallest absolute Gasteiger partial charge is 0.203 e. The first-order valence-corrected chi connectivity index (χ1v) is 8.59. The van der Waals surface area contributed by atoms with Gasteiger partial charge in [0.05, 0.1) is 21.3 Å². The van der Waals surface area contributed by atoms with Gasteiger partial charge >= 0.3 is 0 Å². The Morgan fingerprint density at radius 2 is 1.64 bits per heavy atom. The van der Waals surface area contributed by atoms with Crippen molar-refractivity contribution in [3.63, 3.8) is 0 Å². The van der Waals surface area contributed by atoms with E-state index in [0.29, 0.717) is 42.7 Å². The standard InChI is InChI=1S/C20H26FN3O3.HI/c1-22-20(23-9-8-14-6-5-7-16(21)10-14)24-13-15-11-17(25-2)19(27-4)18(12-15)26-3;/h5-7,10-12H,8-9,13H2,1-4H3,(H2,22,23,24);1H. The number of ether oxygens (including phenoxy) is 3. The van der Waals surface area contributed by atoms with Crippen LogP contribution in [0.4, 0.5) is 4.39 Å². The average molecular weight is 503 g/mol. The third-order valence-corrected chi connectivity index (χ3v) is 4.00. The summed E-state index contributed by atoms with van der Waals surface area (Å²) in [6.45, 7) is 1.16. The van der Waals surface area contributed by atoms with E-state index in [1.54, 1.807) is 34.4 Å². The summed E-state index contributed by atoms with van der Waals surface area (Å²) in [6, 6.07) is 10.4. The summed E-state index contributed by atoms with van der Waals surface area (Å²) in [5, 5.41) is 6.45. The largest absolute Gasteiger partial charge is 0.493 e. The van der Waals surface area contributed by atoms with Gasteiger partial charge in [-0.15, -0.1) is 24.0 Å². The van der Waals surface area contributed by atoms with Crippen LogP contribution in [0.15, 0.2) is 41.4 Å². The van der Waals surface area contributed by atoms with Crippen molar-refractivity contribution in [3.8, 4) is 17.2 Å². The number of hydrogen-bond donors (Lipinski definition) is 2. The van der Waals surface area contributed by atoms with E-state index in [0.717, 1.165) is 11.1 Å². The second-order valence-electron chi connectivity index (χ2n) is 5.77. The van der Waals surface area contributed by atoms with Gasteiger partial charge in [-0.2, -0.15) is 0 Å². The normalized spacial score (nSPS) is 10.7. The first kappa shape index (κ1) is 23.8. The van der Waals surface area contributed by atoms with Gasteiger partial charge in [-0.05, 0) is 41.8 Å². The minimum absolute atomic E-state index is 0. The molecule has 154 valence electrons. The molecule has 0 aliphatic heterocycles. The summed E-state index contributed by atoms with van der Waals surface area (Å²) in [5.41, 5.74) is 1.89. The van der Waals surface area contributed by atoms with Crippen LogP contribution < -0.4 is 24.8 Å². The molecule has 0 aromatic heterocycles. The Hall–Kier alpha value is -2.23. The predicted octanol–water partition coefficient (Wildman–Crippen LogP) is 3.38. The maximum Gasteiger partial charge on any atom is 0.203 e. The van der Waals surface area contributed by atoms with E-state index < -0.39 is 0 Å². The van der Waals surface area contributed by atoms with Gasteiger partial charge < -0.3 is 24.8 Å². The predicted molar refractivity (Wildman–Crippen MR) is 120 cm³/mol. The molecule has 0 atom stereocenters. The SMILES string of the molecule is CN=C(NCCc1cccc(F)c1)NCc1cc(OC)c(OC)c(OC)c1.I. The quantitative estimate of drug-likeness (QED) is 0.329. The van der Waals surface area contributed by atoms with Gasteiger partial charge in [0.25, 0.3) is 0 Å². The molecule has 2 N–H and O–H groups in total. The van der Waals surface area contributed by atoms with Crippen LogP contribution in [0.2, 0.25) is 0 Å². The fourth-order valence-electron chi connectivity index (χ4n) is 2.66. The van der Waals surface area contributed by atoms with Crippen LogP contribution >= 0.6 is 24.0 Å². The summed E-state index contributed by atoms with van der Waals surface area (Å²) in [7, 11) is 6.44. The fraction of sp³-hybridized carbons (Fsp3) is 0.350. The summed E-state index contributed by atoms with van der Waals surface area (Å²) in [6.07, 6.45) is 0.697. The zero-order valence-electron chi connectivity index (χ0n) is 16.5. The molecule has 2 aromatic rings. The van der Waals surface area contributed by atoms with Crippen molar-refractivity contribution in [2.24, 2.45) is 4.99 Å². The summed E-state index contributed by atoms with van der Waals surface area (Å²) in [5.74, 6) is 2.18. The summed E-state index contributed by atoms with van der Waals surface area (Å²) in [4.78, 5) is 4.20. The molecular formula is C20H27FIN3O3. The van der Waals surface area contributed by atoms with Crippen molar-refractivity contribution in [2.45, 2.75) is 13.0 Å². The van der Waals surface area contributed by atoms with E-state index in [-0.39, 0.29) is 29.8 Å². The topological polar surface area (TPSA) is 64.1 Å². The molecule has 28 heavy (non-hydrogen) atoms. The average Bonchev–Trinajstić information content (AvgIpc) is 2.69. The van der Waals surface area contributed by atoms with Gasteiger partial charge in [0.15, 0.2) is 17.5 Å². The summed E-state index contributed by atoms with van der Waals surface area (Å²) >= 11 is 0. The third kappa shape index (κ3) is 6.74. The lowest BCUT2D eigenvalue weighted by molar-refractivity contribution is 0.323. The Kier molecular flexibility index (Phi) is 10.4. The molecule has 0 fully saturated rings. The van der Waals surface area contributed by atoms with E-state index in [4.69, 9.17) is 14.2 Å². The Balaban J connectivity index is 0.00000392. The highest BCUT2D eigenvalue weighted by Crippen LogP contribution is 2.38. The Bertz CT molecular complexity index is 762. The molecule has 0 aliphatic rings. The lowest BCUT2D eigenvalue weighted by Crippen LogP contribution is -2.37. The molecule has 8 heteroatoms. The number of halogens is 2. The maximum absolute atomic E-state index is 13.2. The molecule has 0 radical (unpaired) electrons. The van der Waals surface area contributed by atoms with Crippen molar-refractivity contribution < 1.29 is 18.6 Å². The second-order valence-corrected chi connectivity index (χ2v) is 5.77. The molecule has 0 heterocycles. The first-order valence-electron chi connectivity index (χ1n) is 8.59. The van der Waals surface area contributed by atoms with Gasteiger partial charge in [0.1, 0.15) is 5.82 Å². The molecule has 0 spiro atoms. The zero-order chi connectivity index (χ0) is 19.6. The Morgan fingerprint density at radius 1 is 0.964 bits per heavy atom. The van der Waals surface area contributed by atoms with Crippen molar-refractivity contribution >= 4 is 29.9 Å². The van der Waals surface area contributed by atoms with Gasteiger partial charge in [-0.1, -0.05) is 12.1 Å². The number of nitrogens with one attached hydrogen (secondary N) is 2. The molecule has 0 unspecified atom stereocenters. The highest BCUT2D eigenvalue weighted by Gasteiger charge is 2.13. The van der Waals surface area contributed by atoms with Crippen LogP contribution in [0.3, 0.4) is 0 Å². The van der Waals surface area contributed by atoms with E-state index in [2.05, 4.69) is 15.6 Å². The number of guanidine groups is 1. The number of nitrogens with zero attached hydrogens (tertiary/aromatic N) is 1. The van der Waals surface area contributed by atoms with Crippen molar-refractivity contribution in [2.75, 3.05) is 34.9 Å². The molecule has 6 nitrogen and oxygen atoms in total. The fourth-order valence-corrected chi connectivity index (χ4v) is 2.66. The van der Waals surface area contributed by atoms with Gasteiger partial charge in [0.2, 0.25) is 5.75 Å². The molecule has 0 bridgehead atoms.